The van der Waals surface area contributed by atoms with Crippen molar-refractivity contribution in [2.45, 2.75) is 37.7 Å². The highest BCUT2D eigenvalue weighted by Crippen LogP contribution is 2.41. The molecule has 66 valence electrons. The Kier molecular flexibility index (Phi) is 1.60. The lowest BCUT2D eigenvalue weighted by Crippen LogP contribution is -2.32. The Bertz CT molecular complexity index is 226. The summed E-state index contributed by atoms with van der Waals surface area (Å²) in [5.41, 5.74) is -0.463. The van der Waals surface area contributed by atoms with Crippen LogP contribution in [0.5, 0.6) is 0 Å². The van der Waals surface area contributed by atoms with Crippen LogP contribution in [0.1, 0.15) is 32.1 Å². The fourth-order valence-electron chi connectivity index (χ4n) is 1.93. The summed E-state index contributed by atoms with van der Waals surface area (Å²) in [5, 5.41) is 0. The second-order valence-corrected chi connectivity index (χ2v) is 3.43. The maximum absolute atomic E-state index is 10.8. The highest BCUT2D eigenvalue weighted by Gasteiger charge is 2.46. The van der Waals surface area contributed by atoms with Gasteiger partial charge in [-0.2, -0.15) is 0 Å². The molecule has 1 aliphatic carbocycles. The Morgan fingerprint density at radius 1 is 1.25 bits per heavy atom. The number of hydrogen-bond donors (Lipinski definition) is 0. The summed E-state index contributed by atoms with van der Waals surface area (Å²) < 4.78 is 9.94. The molecule has 3 nitrogen and oxygen atoms in total. The van der Waals surface area contributed by atoms with Crippen LogP contribution in [-0.2, 0) is 9.47 Å². The van der Waals surface area contributed by atoms with E-state index in [1.165, 1.54) is 6.42 Å². The van der Waals surface area contributed by atoms with Crippen molar-refractivity contribution in [1.82, 2.24) is 0 Å². The Hall–Kier alpha value is -0.990. The van der Waals surface area contributed by atoms with Crippen LogP contribution in [0, 0.1) is 0 Å². The minimum absolute atomic E-state index is 0.463. The lowest BCUT2D eigenvalue weighted by atomic mass is 9.84. The third-order valence-electron chi connectivity index (χ3n) is 2.65. The number of cyclic esters (lactones) is 1. The van der Waals surface area contributed by atoms with Crippen molar-refractivity contribution in [3.63, 3.8) is 0 Å². The molecule has 0 N–H and O–H groups in total. The van der Waals surface area contributed by atoms with Gasteiger partial charge in [-0.05, 0) is 25.7 Å². The lowest BCUT2D eigenvalue weighted by Gasteiger charge is -2.29. The second-order valence-electron chi connectivity index (χ2n) is 3.43. The van der Waals surface area contributed by atoms with Crippen LogP contribution in [0.25, 0.3) is 0 Å². The smallest absolute Gasteiger partial charge is 0.419 e. The number of ether oxygens (including phenoxy) is 2. The molecule has 0 aromatic carbocycles. The summed E-state index contributed by atoms with van der Waals surface area (Å²) in [6.45, 7) is 3.71. The van der Waals surface area contributed by atoms with Crippen molar-refractivity contribution in [2.75, 3.05) is 0 Å². The van der Waals surface area contributed by atoms with Crippen LogP contribution in [0.15, 0.2) is 12.3 Å². The molecule has 1 saturated carbocycles. The monoisotopic (exact) mass is 168 g/mol. The molecule has 1 spiro atoms. The highest BCUT2D eigenvalue weighted by molar-refractivity contribution is 5.66. The van der Waals surface area contributed by atoms with Crippen molar-refractivity contribution in [3.05, 3.63) is 12.3 Å². The molecule has 3 heteroatoms. The van der Waals surface area contributed by atoms with E-state index in [9.17, 15) is 4.79 Å². The highest BCUT2D eigenvalue weighted by atomic mass is 16.8. The van der Waals surface area contributed by atoms with Gasteiger partial charge in [0, 0.05) is 0 Å². The predicted molar refractivity (Wildman–Crippen MR) is 42.5 cm³/mol. The third kappa shape index (κ3) is 1.00. The molecule has 0 aromatic rings. The SMILES string of the molecule is C=C1OC(=O)OC12CCCCC2. The topological polar surface area (TPSA) is 35.5 Å². The van der Waals surface area contributed by atoms with E-state index in [0.29, 0.717) is 5.76 Å². The second kappa shape index (κ2) is 2.51. The first-order valence-corrected chi connectivity index (χ1v) is 4.33. The van der Waals surface area contributed by atoms with Crippen LogP contribution in [0.2, 0.25) is 0 Å². The van der Waals surface area contributed by atoms with Gasteiger partial charge >= 0.3 is 6.16 Å². The van der Waals surface area contributed by atoms with Gasteiger partial charge in [-0.25, -0.2) is 4.79 Å². The maximum atomic E-state index is 10.8. The molecule has 12 heavy (non-hydrogen) atoms. The fourth-order valence-corrected chi connectivity index (χ4v) is 1.93. The number of carbonyl (C=O) groups excluding carboxylic acids is 1. The van der Waals surface area contributed by atoms with Gasteiger partial charge in [-0.3, -0.25) is 0 Å². The molecule has 0 bridgehead atoms. The average Bonchev–Trinajstić information content (AvgIpc) is 2.29. The number of hydrogen-bond acceptors (Lipinski definition) is 3. The summed E-state index contributed by atoms with van der Waals surface area (Å²) in [6, 6.07) is 0. The normalized spacial score (nSPS) is 27.0. The van der Waals surface area contributed by atoms with Gasteiger partial charge in [0.1, 0.15) is 5.76 Å². The average molecular weight is 168 g/mol. The summed E-state index contributed by atoms with van der Waals surface area (Å²) >= 11 is 0. The number of rotatable bonds is 0. The molecular formula is C9H12O3. The minimum atomic E-state index is -0.582. The van der Waals surface area contributed by atoms with E-state index >= 15 is 0 Å². The molecule has 0 aromatic heterocycles. The van der Waals surface area contributed by atoms with Gasteiger partial charge < -0.3 is 9.47 Å². The summed E-state index contributed by atoms with van der Waals surface area (Å²) in [6.07, 6.45) is 4.56. The first-order chi connectivity index (χ1) is 5.73. The fraction of sp³-hybridized carbons (Fsp3) is 0.667. The molecular weight excluding hydrogens is 156 g/mol. The molecule has 2 fully saturated rings. The molecule has 2 aliphatic rings. The van der Waals surface area contributed by atoms with Crippen molar-refractivity contribution in [1.29, 1.82) is 0 Å². The predicted octanol–water partition coefficient (Wildman–Crippen LogP) is 2.37. The molecule has 2 rings (SSSR count). The maximum Gasteiger partial charge on any atom is 0.514 e. The zero-order chi connectivity index (χ0) is 8.60. The minimum Gasteiger partial charge on any atom is -0.419 e. The van der Waals surface area contributed by atoms with Crippen LogP contribution in [0.4, 0.5) is 4.79 Å². The molecule has 1 heterocycles. The van der Waals surface area contributed by atoms with Crippen LogP contribution < -0.4 is 0 Å². The van der Waals surface area contributed by atoms with E-state index in [2.05, 4.69) is 6.58 Å². The van der Waals surface area contributed by atoms with E-state index < -0.39 is 11.8 Å². The van der Waals surface area contributed by atoms with Gasteiger partial charge in [0.15, 0.2) is 5.60 Å². The lowest BCUT2D eigenvalue weighted by molar-refractivity contribution is 0.0389. The summed E-state index contributed by atoms with van der Waals surface area (Å²) in [5.74, 6) is 0.507. The molecule has 0 amide bonds. The first-order valence-electron chi connectivity index (χ1n) is 4.33. The standard InChI is InChI=1S/C9H12O3/c1-7-9(12-8(10)11-7)5-3-2-4-6-9/h1-6H2. The quantitative estimate of drug-likeness (QED) is 0.521. The summed E-state index contributed by atoms with van der Waals surface area (Å²) in [4.78, 5) is 10.8. The van der Waals surface area contributed by atoms with Gasteiger partial charge in [0.25, 0.3) is 0 Å². The zero-order valence-electron chi connectivity index (χ0n) is 6.97. The van der Waals surface area contributed by atoms with E-state index in [1.54, 1.807) is 0 Å². The van der Waals surface area contributed by atoms with E-state index in [-0.39, 0.29) is 0 Å². The van der Waals surface area contributed by atoms with Gasteiger partial charge in [0.2, 0.25) is 0 Å². The van der Waals surface area contributed by atoms with Gasteiger partial charge in [-0.1, -0.05) is 13.0 Å². The van der Waals surface area contributed by atoms with Crippen LogP contribution in [0.3, 0.4) is 0 Å². The van der Waals surface area contributed by atoms with Crippen molar-refractivity contribution < 1.29 is 14.3 Å². The first kappa shape index (κ1) is 7.65. The van der Waals surface area contributed by atoms with Crippen LogP contribution >= 0.6 is 0 Å². The third-order valence-corrected chi connectivity index (χ3v) is 2.65. The van der Waals surface area contributed by atoms with E-state index in [0.717, 1.165) is 25.7 Å². The molecule has 0 unspecified atom stereocenters. The Labute approximate surface area is 71.3 Å². The molecule has 0 atom stereocenters. The van der Waals surface area contributed by atoms with E-state index in [4.69, 9.17) is 9.47 Å². The summed E-state index contributed by atoms with van der Waals surface area (Å²) in [7, 11) is 0. The molecule has 1 aliphatic heterocycles. The van der Waals surface area contributed by atoms with Gasteiger partial charge in [-0.15, -0.1) is 0 Å². The number of carbonyl (C=O) groups is 1. The zero-order valence-corrected chi connectivity index (χ0v) is 6.97. The Balaban J connectivity index is 2.18. The Morgan fingerprint density at radius 3 is 2.42 bits per heavy atom. The molecule has 0 radical (unpaired) electrons. The van der Waals surface area contributed by atoms with E-state index in [1.807, 2.05) is 0 Å². The molecule has 1 saturated heterocycles. The largest absolute Gasteiger partial charge is 0.514 e. The van der Waals surface area contributed by atoms with Gasteiger partial charge in [0.05, 0.1) is 0 Å². The van der Waals surface area contributed by atoms with Crippen molar-refractivity contribution in [3.8, 4) is 0 Å². The van der Waals surface area contributed by atoms with Crippen LogP contribution in [-0.4, -0.2) is 11.8 Å². The van der Waals surface area contributed by atoms with Crippen molar-refractivity contribution in [2.24, 2.45) is 0 Å². The Morgan fingerprint density at radius 2 is 1.92 bits per heavy atom. The van der Waals surface area contributed by atoms with Crippen molar-refractivity contribution >= 4 is 6.16 Å².